The number of rotatable bonds is 7. The highest BCUT2D eigenvalue weighted by Gasteiger charge is 2.26. The highest BCUT2D eigenvalue weighted by Crippen LogP contribution is 2.21. The number of nitrogens with zero attached hydrogens (tertiary/aromatic N) is 4. The first kappa shape index (κ1) is 16.6. The van der Waals surface area contributed by atoms with E-state index < -0.39 is 16.1 Å². The fraction of sp³-hybridized carbons (Fsp3) is 0.615. The van der Waals surface area contributed by atoms with Crippen molar-refractivity contribution in [3.8, 4) is 0 Å². The van der Waals surface area contributed by atoms with Crippen molar-refractivity contribution in [3.05, 3.63) is 24.2 Å². The predicted octanol–water partition coefficient (Wildman–Crippen LogP) is 1.17. The minimum Gasteiger partial charge on any atom is -0.332 e. The molecular formula is C13H22N6O2S. The third kappa shape index (κ3) is 3.72. The normalized spacial score (nSPS) is 13.7. The molecule has 0 unspecified atom stereocenters. The van der Waals surface area contributed by atoms with Crippen LogP contribution in [0.3, 0.4) is 0 Å². The average molecular weight is 326 g/mol. The zero-order chi connectivity index (χ0) is 16.3. The molecule has 0 aliphatic rings. The maximum atomic E-state index is 12.5. The zero-order valence-corrected chi connectivity index (χ0v) is 14.1. The molecule has 2 aromatic rings. The highest BCUT2D eigenvalue weighted by atomic mass is 32.2. The summed E-state index contributed by atoms with van der Waals surface area (Å²) in [4.78, 5) is 11.0. The van der Waals surface area contributed by atoms with Crippen molar-refractivity contribution in [2.75, 3.05) is 0 Å². The number of aromatic nitrogens is 5. The minimum atomic E-state index is -3.69. The smallest absolute Gasteiger partial charge is 0.258 e. The number of sulfonamides is 1. The van der Waals surface area contributed by atoms with Gasteiger partial charge in [-0.1, -0.05) is 20.8 Å². The lowest BCUT2D eigenvalue weighted by atomic mass is 10.0. The number of nitrogens with one attached hydrogen (secondary N) is 2. The lowest BCUT2D eigenvalue weighted by Gasteiger charge is -2.19. The van der Waals surface area contributed by atoms with Crippen molar-refractivity contribution in [2.24, 2.45) is 13.0 Å². The van der Waals surface area contributed by atoms with Crippen LogP contribution in [0, 0.1) is 5.92 Å². The van der Waals surface area contributed by atoms with Gasteiger partial charge in [0.1, 0.15) is 18.0 Å². The molecule has 0 fully saturated rings. The Morgan fingerprint density at radius 3 is 2.59 bits per heavy atom. The van der Waals surface area contributed by atoms with Crippen LogP contribution in [0.5, 0.6) is 0 Å². The van der Waals surface area contributed by atoms with E-state index in [2.05, 4.69) is 24.8 Å². The molecule has 0 radical (unpaired) electrons. The molecular weight excluding hydrogens is 304 g/mol. The number of H-pyrrole nitrogens is 1. The largest absolute Gasteiger partial charge is 0.332 e. The Morgan fingerprint density at radius 1 is 1.36 bits per heavy atom. The zero-order valence-electron chi connectivity index (χ0n) is 13.2. The van der Waals surface area contributed by atoms with Crippen molar-refractivity contribution in [3.63, 3.8) is 0 Å². The van der Waals surface area contributed by atoms with Crippen LogP contribution in [-0.2, 0) is 23.5 Å². The molecule has 22 heavy (non-hydrogen) atoms. The molecule has 0 aliphatic carbocycles. The van der Waals surface area contributed by atoms with Gasteiger partial charge in [-0.25, -0.2) is 18.4 Å². The molecule has 9 heteroatoms. The van der Waals surface area contributed by atoms with E-state index in [1.54, 1.807) is 11.7 Å². The highest BCUT2D eigenvalue weighted by molar-refractivity contribution is 7.89. The van der Waals surface area contributed by atoms with Gasteiger partial charge in [-0.05, 0) is 12.3 Å². The Hall–Kier alpha value is -1.74. The Bertz CT molecular complexity index is 718. The van der Waals surface area contributed by atoms with Gasteiger partial charge in [0.25, 0.3) is 10.0 Å². The minimum absolute atomic E-state index is 0.0697. The second-order valence-corrected chi connectivity index (χ2v) is 7.28. The third-order valence-corrected chi connectivity index (χ3v) is 4.67. The lowest BCUT2D eigenvalue weighted by molar-refractivity contribution is 0.443. The van der Waals surface area contributed by atoms with Gasteiger partial charge in [-0.2, -0.15) is 9.82 Å². The van der Waals surface area contributed by atoms with Crippen molar-refractivity contribution in [1.82, 2.24) is 29.5 Å². The van der Waals surface area contributed by atoms with Crippen LogP contribution < -0.4 is 4.72 Å². The number of imidazole rings is 1. The van der Waals surface area contributed by atoms with Gasteiger partial charge in [0.15, 0.2) is 5.03 Å². The van der Waals surface area contributed by atoms with Crippen LogP contribution in [0.25, 0.3) is 0 Å². The predicted molar refractivity (Wildman–Crippen MR) is 81.5 cm³/mol. The molecule has 1 atom stereocenters. The van der Waals surface area contributed by atoms with Crippen molar-refractivity contribution >= 4 is 10.0 Å². The molecule has 0 aliphatic heterocycles. The second-order valence-electron chi connectivity index (χ2n) is 5.59. The van der Waals surface area contributed by atoms with Gasteiger partial charge in [-0.15, -0.1) is 0 Å². The molecule has 2 heterocycles. The quantitative estimate of drug-likeness (QED) is 0.794. The Labute approximate surface area is 130 Å². The standard InChI is InChI=1S/C13H22N6O2S/c1-5-11-14-7-12(17-11)22(20,21)18-10(6-9(2)3)13-15-8-16-19(13)4/h7-10,18H,5-6H2,1-4H3,(H,14,17)/t10-/m1/s1. The van der Waals surface area contributed by atoms with E-state index >= 15 is 0 Å². The van der Waals surface area contributed by atoms with Gasteiger partial charge in [0.2, 0.25) is 0 Å². The van der Waals surface area contributed by atoms with Crippen LogP contribution in [0.15, 0.2) is 17.6 Å². The first-order valence-electron chi connectivity index (χ1n) is 7.23. The molecule has 122 valence electrons. The van der Waals surface area contributed by atoms with Gasteiger partial charge < -0.3 is 4.98 Å². The van der Waals surface area contributed by atoms with E-state index in [4.69, 9.17) is 0 Å². The topological polar surface area (TPSA) is 106 Å². The molecule has 0 saturated heterocycles. The van der Waals surface area contributed by atoms with Crippen LogP contribution in [-0.4, -0.2) is 33.2 Å². The molecule has 2 aromatic heterocycles. The van der Waals surface area contributed by atoms with Gasteiger partial charge in [0.05, 0.1) is 12.2 Å². The van der Waals surface area contributed by atoms with Gasteiger partial charge in [-0.3, -0.25) is 4.68 Å². The fourth-order valence-electron chi connectivity index (χ4n) is 2.21. The summed E-state index contributed by atoms with van der Waals surface area (Å²) in [5, 5.41) is 4.09. The van der Waals surface area contributed by atoms with E-state index in [0.717, 1.165) is 0 Å². The molecule has 0 saturated carbocycles. The molecule has 8 nitrogen and oxygen atoms in total. The molecule has 0 bridgehead atoms. The summed E-state index contributed by atoms with van der Waals surface area (Å²) in [5.41, 5.74) is 0. The monoisotopic (exact) mass is 326 g/mol. The van der Waals surface area contributed by atoms with E-state index in [0.29, 0.717) is 30.4 Å². The van der Waals surface area contributed by atoms with E-state index in [-0.39, 0.29) is 5.03 Å². The van der Waals surface area contributed by atoms with E-state index in [9.17, 15) is 8.42 Å². The number of hydrogen-bond acceptors (Lipinski definition) is 5. The molecule has 2 N–H and O–H groups in total. The maximum Gasteiger partial charge on any atom is 0.258 e. The second kappa shape index (κ2) is 6.57. The summed E-state index contributed by atoms with van der Waals surface area (Å²) in [6, 6.07) is -0.439. The summed E-state index contributed by atoms with van der Waals surface area (Å²) >= 11 is 0. The molecule has 0 spiro atoms. The van der Waals surface area contributed by atoms with Gasteiger partial charge in [0, 0.05) is 13.5 Å². The summed E-state index contributed by atoms with van der Waals surface area (Å²) < 4.78 is 29.3. The first-order valence-corrected chi connectivity index (χ1v) is 8.72. The maximum absolute atomic E-state index is 12.5. The number of aromatic amines is 1. The van der Waals surface area contributed by atoms with E-state index in [1.807, 2.05) is 20.8 Å². The summed E-state index contributed by atoms with van der Waals surface area (Å²) in [6.07, 6.45) is 4.03. The van der Waals surface area contributed by atoms with Crippen LogP contribution in [0.2, 0.25) is 0 Å². The van der Waals surface area contributed by atoms with Crippen molar-refractivity contribution < 1.29 is 8.42 Å². The molecule has 0 amide bonds. The summed E-state index contributed by atoms with van der Waals surface area (Å²) in [6.45, 7) is 5.97. The summed E-state index contributed by atoms with van der Waals surface area (Å²) in [5.74, 6) is 1.53. The Morgan fingerprint density at radius 2 is 2.09 bits per heavy atom. The van der Waals surface area contributed by atoms with Crippen LogP contribution in [0.4, 0.5) is 0 Å². The summed E-state index contributed by atoms with van der Waals surface area (Å²) in [7, 11) is -1.94. The molecule has 0 aromatic carbocycles. The number of aryl methyl sites for hydroxylation is 2. The Balaban J connectivity index is 2.28. The Kier molecular flexibility index (Phi) is 4.97. The number of hydrogen-bond donors (Lipinski definition) is 2. The third-order valence-electron chi connectivity index (χ3n) is 3.29. The van der Waals surface area contributed by atoms with Crippen LogP contribution in [0.1, 0.15) is 44.9 Å². The average Bonchev–Trinajstić information content (AvgIpc) is 3.05. The van der Waals surface area contributed by atoms with Crippen molar-refractivity contribution in [1.29, 1.82) is 0 Å². The van der Waals surface area contributed by atoms with Crippen molar-refractivity contribution in [2.45, 2.75) is 44.7 Å². The first-order chi connectivity index (χ1) is 10.3. The van der Waals surface area contributed by atoms with E-state index in [1.165, 1.54) is 12.5 Å². The SMILES string of the molecule is CCc1ncc(S(=O)(=O)N[C@H](CC(C)C)c2ncnn2C)[nH]1. The van der Waals surface area contributed by atoms with Gasteiger partial charge >= 0.3 is 0 Å². The molecule has 2 rings (SSSR count). The lowest BCUT2D eigenvalue weighted by Crippen LogP contribution is -2.31. The van der Waals surface area contributed by atoms with Crippen LogP contribution >= 0.6 is 0 Å². The fourth-order valence-corrected chi connectivity index (χ4v) is 3.36.